The first-order valence-electron chi connectivity index (χ1n) is 11.7. The molecule has 0 aliphatic heterocycles. The van der Waals surface area contributed by atoms with Crippen LogP contribution in [0.1, 0.15) is 54.4 Å². The minimum absolute atomic E-state index is 0.126. The minimum atomic E-state index is -3.54. The standard InChI is InChI=1S/C26H36O10S2/c1-9-37(31,32)13-11-35-19(27)15-25(5,6)21-17(3)24(30)22(18(4)23(21)29)26(7,8)16-20(28)36-12-14-38(33,34)10-2/h9-10H,1-2,11-16H2,3-8H3. The highest BCUT2D eigenvalue weighted by Crippen LogP contribution is 2.44. The van der Waals surface area contributed by atoms with E-state index in [-0.39, 0.29) is 48.3 Å². The van der Waals surface area contributed by atoms with Crippen molar-refractivity contribution < 1.29 is 45.5 Å². The van der Waals surface area contributed by atoms with E-state index in [1.807, 2.05) is 0 Å². The molecule has 1 aliphatic carbocycles. The van der Waals surface area contributed by atoms with E-state index in [1.54, 1.807) is 27.7 Å². The number of rotatable bonds is 14. The topological polar surface area (TPSA) is 155 Å². The van der Waals surface area contributed by atoms with Crippen molar-refractivity contribution in [3.8, 4) is 0 Å². The Balaban J connectivity index is 3.08. The van der Waals surface area contributed by atoms with E-state index in [4.69, 9.17) is 9.47 Å². The molecule has 38 heavy (non-hydrogen) atoms. The summed E-state index contributed by atoms with van der Waals surface area (Å²) < 4.78 is 56.0. The Hall–Kier alpha value is -2.86. The zero-order valence-electron chi connectivity index (χ0n) is 22.7. The number of hydrogen-bond acceptors (Lipinski definition) is 10. The normalized spacial score (nSPS) is 15.4. The average Bonchev–Trinajstić information content (AvgIpc) is 2.76. The third-order valence-corrected chi connectivity index (χ3v) is 8.67. The van der Waals surface area contributed by atoms with Gasteiger partial charge in [-0.25, -0.2) is 16.8 Å². The van der Waals surface area contributed by atoms with Crippen molar-refractivity contribution in [3.63, 3.8) is 0 Å². The van der Waals surface area contributed by atoms with Crippen molar-refractivity contribution in [1.82, 2.24) is 0 Å². The molecule has 10 nitrogen and oxygen atoms in total. The average molecular weight is 573 g/mol. The van der Waals surface area contributed by atoms with Crippen LogP contribution in [0.3, 0.4) is 0 Å². The molecule has 0 aromatic rings. The smallest absolute Gasteiger partial charge is 0.306 e. The molecule has 0 aromatic heterocycles. The van der Waals surface area contributed by atoms with Gasteiger partial charge < -0.3 is 9.47 Å². The number of allylic oxidation sites excluding steroid dienone is 4. The van der Waals surface area contributed by atoms with Gasteiger partial charge in [0.1, 0.15) is 13.2 Å². The number of sulfone groups is 2. The van der Waals surface area contributed by atoms with E-state index in [2.05, 4.69) is 13.2 Å². The maximum atomic E-state index is 13.4. The summed E-state index contributed by atoms with van der Waals surface area (Å²) in [6.07, 6.45) is -0.558. The lowest BCUT2D eigenvalue weighted by atomic mass is 9.66. The Bertz CT molecular complexity index is 1210. The molecular formula is C26H36O10S2. The van der Waals surface area contributed by atoms with Crippen LogP contribution in [0, 0.1) is 10.8 Å². The van der Waals surface area contributed by atoms with Gasteiger partial charge in [0.05, 0.1) is 24.3 Å². The van der Waals surface area contributed by atoms with Gasteiger partial charge in [0.25, 0.3) is 0 Å². The van der Waals surface area contributed by atoms with Gasteiger partial charge in [0.2, 0.25) is 0 Å². The van der Waals surface area contributed by atoms with Crippen molar-refractivity contribution >= 4 is 43.2 Å². The van der Waals surface area contributed by atoms with Gasteiger partial charge in [-0.3, -0.25) is 19.2 Å². The van der Waals surface area contributed by atoms with E-state index in [9.17, 15) is 36.0 Å². The first-order chi connectivity index (χ1) is 17.2. The first-order valence-corrected chi connectivity index (χ1v) is 15.2. The predicted octanol–water partition coefficient (Wildman–Crippen LogP) is 2.81. The van der Waals surface area contributed by atoms with Gasteiger partial charge in [0, 0.05) is 43.9 Å². The maximum Gasteiger partial charge on any atom is 0.306 e. The third-order valence-electron chi connectivity index (χ3n) is 6.18. The highest BCUT2D eigenvalue weighted by atomic mass is 32.2. The molecule has 1 aliphatic rings. The van der Waals surface area contributed by atoms with Gasteiger partial charge in [-0.05, 0) is 13.8 Å². The highest BCUT2D eigenvalue weighted by molar-refractivity contribution is 7.94. The lowest BCUT2D eigenvalue weighted by Crippen LogP contribution is -2.37. The second-order valence-corrected chi connectivity index (χ2v) is 14.4. The van der Waals surface area contributed by atoms with Gasteiger partial charge in [-0.2, -0.15) is 0 Å². The molecule has 0 N–H and O–H groups in total. The molecule has 0 aromatic carbocycles. The minimum Gasteiger partial charge on any atom is -0.465 e. The number of ether oxygens (including phenoxy) is 2. The molecule has 0 heterocycles. The van der Waals surface area contributed by atoms with Crippen molar-refractivity contribution in [2.24, 2.45) is 10.8 Å². The number of Topliss-reactive ketones (excluding diaryl/α,β-unsaturated/α-hetero) is 2. The summed E-state index contributed by atoms with van der Waals surface area (Å²) in [7, 11) is -7.09. The number of carbonyl (C=O) groups is 4. The van der Waals surface area contributed by atoms with Gasteiger partial charge in [0.15, 0.2) is 31.2 Å². The zero-order valence-corrected chi connectivity index (χ0v) is 24.3. The molecule has 0 saturated carbocycles. The van der Waals surface area contributed by atoms with E-state index in [0.717, 1.165) is 10.8 Å². The van der Waals surface area contributed by atoms with Crippen LogP contribution in [0.4, 0.5) is 0 Å². The van der Waals surface area contributed by atoms with Gasteiger partial charge >= 0.3 is 11.9 Å². The zero-order chi connectivity index (χ0) is 29.7. The molecule has 0 radical (unpaired) electrons. The molecular weight excluding hydrogens is 536 g/mol. The van der Waals surface area contributed by atoms with Crippen LogP contribution < -0.4 is 0 Å². The quantitative estimate of drug-likeness (QED) is 0.224. The predicted molar refractivity (Wildman–Crippen MR) is 142 cm³/mol. The Kier molecular flexibility index (Phi) is 10.8. The van der Waals surface area contributed by atoms with E-state index in [0.29, 0.717) is 0 Å². The monoisotopic (exact) mass is 572 g/mol. The molecule has 0 saturated heterocycles. The van der Waals surface area contributed by atoms with Crippen LogP contribution in [-0.4, -0.2) is 65.1 Å². The number of esters is 2. The molecule has 0 fully saturated rings. The Morgan fingerprint density at radius 3 is 1.26 bits per heavy atom. The van der Waals surface area contributed by atoms with Crippen molar-refractivity contribution in [2.75, 3.05) is 24.7 Å². The molecule has 212 valence electrons. The van der Waals surface area contributed by atoms with Crippen molar-refractivity contribution in [2.45, 2.75) is 54.4 Å². The molecule has 0 unspecified atom stereocenters. The van der Waals surface area contributed by atoms with Crippen LogP contribution >= 0.6 is 0 Å². The van der Waals surface area contributed by atoms with Crippen LogP contribution in [0.5, 0.6) is 0 Å². The SMILES string of the molecule is C=CS(=O)(=O)CCOC(=O)CC(C)(C)C1=C(C)C(=O)C(C(C)(C)CC(=O)OCCS(=O)(=O)C=C)=C(C)C1=O. The Labute approximate surface area is 224 Å². The number of carbonyl (C=O) groups excluding carboxylic acids is 4. The lowest BCUT2D eigenvalue weighted by molar-refractivity contribution is -0.146. The summed E-state index contributed by atoms with van der Waals surface area (Å²) in [5, 5.41) is 1.54. The molecule has 0 amide bonds. The Morgan fingerprint density at radius 2 is 1.00 bits per heavy atom. The van der Waals surface area contributed by atoms with Crippen LogP contribution in [0.2, 0.25) is 0 Å². The maximum absolute atomic E-state index is 13.4. The van der Waals surface area contributed by atoms with Gasteiger partial charge in [-0.1, -0.05) is 40.9 Å². The van der Waals surface area contributed by atoms with Crippen LogP contribution in [-0.2, 0) is 48.3 Å². The fraction of sp³-hybridized carbons (Fsp3) is 0.538. The number of hydrogen-bond donors (Lipinski definition) is 0. The fourth-order valence-electron chi connectivity index (χ4n) is 4.28. The molecule has 1 rings (SSSR count). The summed E-state index contributed by atoms with van der Waals surface area (Å²) in [6, 6.07) is 0. The van der Waals surface area contributed by atoms with Crippen molar-refractivity contribution in [3.05, 3.63) is 46.3 Å². The second kappa shape index (κ2) is 12.3. The van der Waals surface area contributed by atoms with E-state index in [1.165, 1.54) is 13.8 Å². The van der Waals surface area contributed by atoms with Crippen molar-refractivity contribution in [1.29, 1.82) is 0 Å². The van der Waals surface area contributed by atoms with E-state index >= 15 is 0 Å². The molecule has 0 spiro atoms. The Morgan fingerprint density at radius 1 is 0.711 bits per heavy atom. The summed E-state index contributed by atoms with van der Waals surface area (Å²) in [5.41, 5.74) is -1.71. The van der Waals surface area contributed by atoms with Gasteiger partial charge in [-0.15, -0.1) is 0 Å². The summed E-state index contributed by atoms with van der Waals surface area (Å²) in [4.78, 5) is 51.7. The van der Waals surface area contributed by atoms with Crippen LogP contribution in [0.15, 0.2) is 46.3 Å². The molecule has 0 atom stereocenters. The molecule has 12 heteroatoms. The second-order valence-electron chi connectivity index (χ2n) is 10.3. The molecule has 0 bridgehead atoms. The third kappa shape index (κ3) is 8.59. The van der Waals surface area contributed by atoms with E-state index < -0.39 is 65.5 Å². The largest absolute Gasteiger partial charge is 0.465 e. The summed E-state index contributed by atoms with van der Waals surface area (Å²) >= 11 is 0. The fourth-order valence-corrected chi connectivity index (χ4v) is 5.25. The van der Waals surface area contributed by atoms with Crippen LogP contribution in [0.25, 0.3) is 0 Å². The lowest BCUT2D eigenvalue weighted by Gasteiger charge is -2.35. The summed E-state index contributed by atoms with van der Waals surface area (Å²) in [5.74, 6) is -3.22. The highest BCUT2D eigenvalue weighted by Gasteiger charge is 2.44. The number of ketones is 2. The summed E-state index contributed by atoms with van der Waals surface area (Å²) in [6.45, 7) is 15.0. The first kappa shape index (κ1) is 33.2.